The molecule has 3 aromatic rings. The van der Waals surface area contributed by atoms with Crippen LogP contribution in [0.15, 0.2) is 72.8 Å². The molecule has 2 aliphatic heterocycles. The maximum atomic E-state index is 13.7. The number of rotatable bonds is 3. The Balaban J connectivity index is 1.61. The minimum absolute atomic E-state index is 0.214. The van der Waals surface area contributed by atoms with Crippen LogP contribution in [0, 0.1) is 26.7 Å². The number of benzene rings is 3. The lowest BCUT2D eigenvalue weighted by Crippen LogP contribution is -2.37. The Morgan fingerprint density at radius 3 is 2.19 bits per heavy atom. The van der Waals surface area contributed by atoms with Gasteiger partial charge >= 0.3 is 0 Å². The Bertz CT molecular complexity index is 1170. The van der Waals surface area contributed by atoms with E-state index >= 15 is 0 Å². The lowest BCUT2D eigenvalue weighted by atomic mass is 9.88. The number of amides is 2. The van der Waals surface area contributed by atoms with Crippen molar-refractivity contribution in [2.45, 2.75) is 32.9 Å². The highest BCUT2D eigenvalue weighted by molar-refractivity contribution is 6.24. The third-order valence-electron chi connectivity index (χ3n) is 6.23. The number of para-hydroxylation sites is 1. The van der Waals surface area contributed by atoms with Gasteiger partial charge in [0.2, 0.25) is 5.91 Å². The average molecular weight is 412 g/mol. The molecule has 0 radical (unpaired) electrons. The van der Waals surface area contributed by atoms with E-state index in [1.54, 1.807) is 5.06 Å². The molecule has 2 amide bonds. The number of nitrogens with zero attached hydrogens (tertiary/aromatic N) is 2. The van der Waals surface area contributed by atoms with Gasteiger partial charge < -0.3 is 0 Å². The second-order valence-corrected chi connectivity index (χ2v) is 8.32. The first-order chi connectivity index (χ1) is 15.0. The normalized spacial score (nSPS) is 22.9. The summed E-state index contributed by atoms with van der Waals surface area (Å²) in [7, 11) is 0. The van der Waals surface area contributed by atoms with Gasteiger partial charge in [0.15, 0.2) is 6.10 Å². The molecule has 0 bridgehead atoms. The first-order valence-corrected chi connectivity index (χ1v) is 10.5. The van der Waals surface area contributed by atoms with Crippen molar-refractivity contribution in [3.8, 4) is 0 Å². The van der Waals surface area contributed by atoms with Crippen LogP contribution in [0.5, 0.6) is 0 Å². The van der Waals surface area contributed by atoms with Crippen LogP contribution < -0.4 is 9.96 Å². The molecule has 31 heavy (non-hydrogen) atoms. The zero-order valence-corrected chi connectivity index (χ0v) is 17.8. The smallest absolute Gasteiger partial charge is 0.266 e. The summed E-state index contributed by atoms with van der Waals surface area (Å²) in [6.45, 7) is 5.94. The molecular weight excluding hydrogens is 388 g/mol. The summed E-state index contributed by atoms with van der Waals surface area (Å²) in [5.41, 5.74) is 5.49. The fourth-order valence-electron chi connectivity index (χ4n) is 4.74. The van der Waals surface area contributed by atoms with E-state index in [0.29, 0.717) is 5.69 Å². The highest BCUT2D eigenvalue weighted by atomic mass is 16.7. The number of imide groups is 1. The Morgan fingerprint density at radius 1 is 0.774 bits per heavy atom. The summed E-state index contributed by atoms with van der Waals surface area (Å²) in [6.07, 6.45) is -0.849. The minimum atomic E-state index is -0.849. The van der Waals surface area contributed by atoms with Crippen molar-refractivity contribution in [2.75, 3.05) is 9.96 Å². The van der Waals surface area contributed by atoms with Crippen LogP contribution >= 0.6 is 0 Å². The average Bonchev–Trinajstić information content (AvgIpc) is 3.26. The number of carbonyl (C=O) groups is 2. The molecule has 156 valence electrons. The van der Waals surface area contributed by atoms with Crippen molar-refractivity contribution in [3.63, 3.8) is 0 Å². The predicted molar refractivity (Wildman–Crippen MR) is 120 cm³/mol. The topological polar surface area (TPSA) is 49.9 Å². The summed E-state index contributed by atoms with van der Waals surface area (Å²) >= 11 is 0. The van der Waals surface area contributed by atoms with E-state index in [9.17, 15) is 9.59 Å². The molecular formula is C26H24N2O3. The van der Waals surface area contributed by atoms with Gasteiger partial charge in [-0.2, -0.15) is 0 Å². The fraction of sp³-hybridized carbons (Fsp3) is 0.231. The standard InChI is InChI=1S/C26H24N2O3/c1-16-13-14-21(18(3)15-16)27-25(29)22-23(20-12-8-7-9-17(20)2)28(31-24(22)26(27)30)19-10-5-4-6-11-19/h4-15,22-24H,1-3H3. The second-order valence-electron chi connectivity index (χ2n) is 8.32. The van der Waals surface area contributed by atoms with Gasteiger partial charge in [0.1, 0.15) is 5.92 Å². The number of hydrogen-bond donors (Lipinski definition) is 0. The van der Waals surface area contributed by atoms with Crippen molar-refractivity contribution < 1.29 is 14.4 Å². The molecule has 2 aliphatic rings. The van der Waals surface area contributed by atoms with Crippen LogP contribution in [0.2, 0.25) is 0 Å². The van der Waals surface area contributed by atoms with E-state index in [2.05, 4.69) is 0 Å². The Hall–Kier alpha value is -3.44. The van der Waals surface area contributed by atoms with Crippen molar-refractivity contribution in [2.24, 2.45) is 5.92 Å². The monoisotopic (exact) mass is 412 g/mol. The SMILES string of the molecule is Cc1ccc(N2C(=O)C3ON(c4ccccc4)C(c4ccccc4C)C3C2=O)c(C)c1. The van der Waals surface area contributed by atoms with Crippen molar-refractivity contribution in [3.05, 3.63) is 95.1 Å². The van der Waals surface area contributed by atoms with Gasteiger partial charge in [0.05, 0.1) is 17.4 Å². The van der Waals surface area contributed by atoms with Crippen molar-refractivity contribution in [1.82, 2.24) is 0 Å². The molecule has 5 rings (SSSR count). The van der Waals surface area contributed by atoms with E-state index in [-0.39, 0.29) is 17.9 Å². The van der Waals surface area contributed by atoms with Crippen molar-refractivity contribution >= 4 is 23.2 Å². The predicted octanol–water partition coefficient (Wildman–Crippen LogP) is 4.66. The highest BCUT2D eigenvalue weighted by Gasteiger charge is 2.60. The summed E-state index contributed by atoms with van der Waals surface area (Å²) in [4.78, 5) is 34.7. The molecule has 0 aliphatic carbocycles. The molecule has 0 spiro atoms. The first kappa shape index (κ1) is 19.5. The van der Waals surface area contributed by atoms with Crippen LogP contribution in [-0.2, 0) is 14.4 Å². The summed E-state index contributed by atoms with van der Waals surface area (Å²) in [5, 5.41) is 1.74. The van der Waals surface area contributed by atoms with Gasteiger partial charge in [-0.05, 0) is 55.7 Å². The van der Waals surface area contributed by atoms with Gasteiger partial charge in [-0.25, -0.2) is 9.96 Å². The van der Waals surface area contributed by atoms with Crippen LogP contribution in [0.1, 0.15) is 28.3 Å². The largest absolute Gasteiger partial charge is 0.273 e. The number of hydrogen-bond acceptors (Lipinski definition) is 4. The molecule has 0 aromatic heterocycles. The summed E-state index contributed by atoms with van der Waals surface area (Å²) in [5.74, 6) is -1.14. The first-order valence-electron chi connectivity index (χ1n) is 10.5. The van der Waals surface area contributed by atoms with E-state index in [0.717, 1.165) is 27.9 Å². The molecule has 0 N–H and O–H groups in total. The number of carbonyl (C=O) groups excluding carboxylic acids is 2. The quantitative estimate of drug-likeness (QED) is 0.587. The third-order valence-corrected chi connectivity index (χ3v) is 6.23. The molecule has 0 saturated carbocycles. The molecule has 3 atom stereocenters. The molecule has 2 fully saturated rings. The van der Waals surface area contributed by atoms with E-state index in [1.807, 2.05) is 93.6 Å². The number of aryl methyl sites for hydroxylation is 3. The van der Waals surface area contributed by atoms with E-state index in [4.69, 9.17) is 4.84 Å². The lowest BCUT2D eigenvalue weighted by Gasteiger charge is -2.30. The Labute approximate surface area is 181 Å². The molecule has 2 heterocycles. The zero-order chi connectivity index (χ0) is 21.7. The molecule has 3 unspecified atom stereocenters. The molecule has 5 nitrogen and oxygen atoms in total. The Morgan fingerprint density at radius 2 is 1.48 bits per heavy atom. The third kappa shape index (κ3) is 3.04. The summed E-state index contributed by atoms with van der Waals surface area (Å²) < 4.78 is 0. The van der Waals surface area contributed by atoms with Gasteiger partial charge in [-0.1, -0.05) is 60.2 Å². The highest BCUT2D eigenvalue weighted by Crippen LogP contribution is 2.48. The Kier molecular flexibility index (Phi) is 4.63. The lowest BCUT2D eigenvalue weighted by molar-refractivity contribution is -0.126. The number of anilines is 2. The maximum absolute atomic E-state index is 13.7. The van der Waals surface area contributed by atoms with Gasteiger partial charge in [-0.3, -0.25) is 14.4 Å². The van der Waals surface area contributed by atoms with Crippen LogP contribution in [0.4, 0.5) is 11.4 Å². The molecule has 3 aromatic carbocycles. The molecule has 5 heteroatoms. The number of fused-ring (bicyclic) bond motifs is 1. The van der Waals surface area contributed by atoms with Gasteiger partial charge in [-0.15, -0.1) is 0 Å². The van der Waals surface area contributed by atoms with E-state index in [1.165, 1.54) is 4.90 Å². The van der Waals surface area contributed by atoms with Crippen molar-refractivity contribution in [1.29, 1.82) is 0 Å². The van der Waals surface area contributed by atoms with Gasteiger partial charge in [0, 0.05) is 0 Å². The van der Waals surface area contributed by atoms with Crippen LogP contribution in [-0.4, -0.2) is 17.9 Å². The van der Waals surface area contributed by atoms with Crippen LogP contribution in [0.3, 0.4) is 0 Å². The second kappa shape index (κ2) is 7.36. The molecule has 2 saturated heterocycles. The minimum Gasteiger partial charge on any atom is -0.273 e. The fourth-order valence-corrected chi connectivity index (χ4v) is 4.74. The maximum Gasteiger partial charge on any atom is 0.266 e. The zero-order valence-electron chi connectivity index (χ0n) is 17.8. The summed E-state index contributed by atoms with van der Waals surface area (Å²) in [6, 6.07) is 23.0. The van der Waals surface area contributed by atoms with E-state index < -0.39 is 12.0 Å². The van der Waals surface area contributed by atoms with Crippen LogP contribution in [0.25, 0.3) is 0 Å². The number of hydroxylamine groups is 1. The van der Waals surface area contributed by atoms with Gasteiger partial charge in [0.25, 0.3) is 5.91 Å².